The Bertz CT molecular complexity index is 763. The van der Waals surface area contributed by atoms with Crippen LogP contribution < -0.4 is 15.5 Å². The molecule has 0 aliphatic carbocycles. The summed E-state index contributed by atoms with van der Waals surface area (Å²) in [6.07, 6.45) is 3.41. The Kier molecular flexibility index (Phi) is 6.26. The number of carbonyl (C=O) groups is 2. The molecule has 1 aliphatic rings. The van der Waals surface area contributed by atoms with Gasteiger partial charge in [0.15, 0.2) is 0 Å². The van der Waals surface area contributed by atoms with Crippen molar-refractivity contribution in [3.05, 3.63) is 48.5 Å². The minimum Gasteiger partial charge on any atom is -0.346 e. The Balaban J connectivity index is 1.36. The number of hydrogen-bond donors (Lipinski definition) is 2. The van der Waals surface area contributed by atoms with E-state index in [1.807, 2.05) is 4.90 Å². The lowest BCUT2D eigenvalue weighted by molar-refractivity contribution is -0.125. The van der Waals surface area contributed by atoms with E-state index in [-0.39, 0.29) is 30.7 Å². The number of carbonyl (C=O) groups excluding carboxylic acids is 2. The smallest absolute Gasteiger partial charge is 0.243 e. The molecule has 0 radical (unpaired) electrons. The molecule has 2 N–H and O–H groups in total. The van der Waals surface area contributed by atoms with E-state index in [1.54, 1.807) is 18.5 Å². The molecule has 3 rings (SSSR count). The average Bonchev–Trinajstić information content (AvgIpc) is 2.69. The van der Waals surface area contributed by atoms with Gasteiger partial charge in [-0.1, -0.05) is 0 Å². The van der Waals surface area contributed by atoms with E-state index in [1.165, 1.54) is 24.3 Å². The van der Waals surface area contributed by atoms with Crippen LogP contribution in [0, 0.1) is 5.82 Å². The van der Waals surface area contributed by atoms with Crippen LogP contribution in [0.4, 0.5) is 16.0 Å². The number of aromatic nitrogens is 2. The zero-order chi connectivity index (χ0) is 19.1. The number of hydrogen-bond acceptors (Lipinski definition) is 6. The first-order valence-electron chi connectivity index (χ1n) is 8.66. The summed E-state index contributed by atoms with van der Waals surface area (Å²) >= 11 is 0. The number of benzene rings is 1. The van der Waals surface area contributed by atoms with Crippen molar-refractivity contribution in [1.82, 2.24) is 20.2 Å². The number of halogens is 1. The van der Waals surface area contributed by atoms with Gasteiger partial charge in [-0.3, -0.25) is 14.5 Å². The summed E-state index contributed by atoms with van der Waals surface area (Å²) in [6, 6.07) is 7.22. The van der Waals surface area contributed by atoms with Crippen LogP contribution >= 0.6 is 0 Å². The lowest BCUT2D eigenvalue weighted by Gasteiger charge is -2.34. The van der Waals surface area contributed by atoms with Gasteiger partial charge in [-0.15, -0.1) is 0 Å². The number of nitrogens with zero attached hydrogens (tertiary/aromatic N) is 4. The van der Waals surface area contributed by atoms with Gasteiger partial charge in [0.25, 0.3) is 0 Å². The van der Waals surface area contributed by atoms with Crippen molar-refractivity contribution in [2.75, 3.05) is 49.5 Å². The zero-order valence-corrected chi connectivity index (χ0v) is 14.8. The van der Waals surface area contributed by atoms with Crippen LogP contribution in [0.25, 0.3) is 0 Å². The highest BCUT2D eigenvalue weighted by Gasteiger charge is 2.20. The van der Waals surface area contributed by atoms with E-state index in [9.17, 15) is 14.0 Å². The van der Waals surface area contributed by atoms with Crippen molar-refractivity contribution in [1.29, 1.82) is 0 Å². The first kappa shape index (κ1) is 18.7. The van der Waals surface area contributed by atoms with Gasteiger partial charge >= 0.3 is 0 Å². The molecule has 0 spiro atoms. The molecule has 2 heterocycles. The Morgan fingerprint density at radius 1 is 1.00 bits per heavy atom. The molecule has 1 aliphatic heterocycles. The standard InChI is InChI=1S/C18H21FN6O2/c19-14-2-4-15(5-3-14)23-16(26)12-22-17(27)13-24-8-10-25(11-9-24)18-20-6-1-7-21-18/h1-7H,8-13H2,(H,22,27)(H,23,26). The second-order valence-corrected chi connectivity index (χ2v) is 6.14. The topological polar surface area (TPSA) is 90.5 Å². The molecule has 8 nitrogen and oxygen atoms in total. The maximum atomic E-state index is 12.8. The van der Waals surface area contributed by atoms with E-state index in [0.717, 1.165) is 13.1 Å². The molecule has 1 saturated heterocycles. The van der Waals surface area contributed by atoms with Crippen molar-refractivity contribution < 1.29 is 14.0 Å². The fourth-order valence-electron chi connectivity index (χ4n) is 2.74. The van der Waals surface area contributed by atoms with E-state index in [0.29, 0.717) is 24.7 Å². The number of nitrogens with one attached hydrogen (secondary N) is 2. The molecule has 0 atom stereocenters. The second kappa shape index (κ2) is 9.04. The van der Waals surface area contributed by atoms with Crippen molar-refractivity contribution in [2.45, 2.75) is 0 Å². The highest BCUT2D eigenvalue weighted by molar-refractivity contribution is 5.94. The Morgan fingerprint density at radius 2 is 1.67 bits per heavy atom. The van der Waals surface area contributed by atoms with Gasteiger partial charge in [-0.2, -0.15) is 0 Å². The fraction of sp³-hybridized carbons (Fsp3) is 0.333. The lowest BCUT2D eigenvalue weighted by Crippen LogP contribution is -2.50. The molecular weight excluding hydrogens is 351 g/mol. The quantitative estimate of drug-likeness (QED) is 0.767. The van der Waals surface area contributed by atoms with Crippen molar-refractivity contribution in [3.8, 4) is 0 Å². The first-order valence-corrected chi connectivity index (χ1v) is 8.66. The van der Waals surface area contributed by atoms with Crippen molar-refractivity contribution in [3.63, 3.8) is 0 Å². The van der Waals surface area contributed by atoms with Gasteiger partial charge in [-0.05, 0) is 30.3 Å². The SMILES string of the molecule is O=C(CN1CCN(c2ncccn2)CC1)NCC(=O)Nc1ccc(F)cc1. The van der Waals surface area contributed by atoms with Crippen molar-refractivity contribution >= 4 is 23.5 Å². The van der Waals surface area contributed by atoms with Crippen LogP contribution in [0.2, 0.25) is 0 Å². The monoisotopic (exact) mass is 372 g/mol. The highest BCUT2D eigenvalue weighted by Crippen LogP contribution is 2.09. The number of amides is 2. The summed E-state index contributed by atoms with van der Waals surface area (Å²) in [6.45, 7) is 3.01. The Labute approximate surface area is 156 Å². The minimum absolute atomic E-state index is 0.131. The third kappa shape index (κ3) is 5.71. The maximum Gasteiger partial charge on any atom is 0.243 e. The van der Waals surface area contributed by atoms with Crippen LogP contribution in [0.1, 0.15) is 0 Å². The summed E-state index contributed by atoms with van der Waals surface area (Å²) < 4.78 is 12.8. The van der Waals surface area contributed by atoms with Gasteiger partial charge in [-0.25, -0.2) is 14.4 Å². The minimum atomic E-state index is -0.375. The largest absolute Gasteiger partial charge is 0.346 e. The number of piperazine rings is 1. The summed E-state index contributed by atoms with van der Waals surface area (Å²) in [4.78, 5) is 36.4. The third-order valence-electron chi connectivity index (χ3n) is 4.15. The molecule has 2 amide bonds. The second-order valence-electron chi connectivity index (χ2n) is 6.14. The summed E-state index contributed by atoms with van der Waals surface area (Å²) in [5.74, 6) is -0.256. The Hall–Kier alpha value is -3.07. The zero-order valence-electron chi connectivity index (χ0n) is 14.8. The molecule has 1 aromatic carbocycles. The first-order chi connectivity index (χ1) is 13.1. The maximum absolute atomic E-state index is 12.8. The van der Waals surface area contributed by atoms with Crippen LogP contribution in [-0.2, 0) is 9.59 Å². The predicted molar refractivity (Wildman–Crippen MR) is 98.7 cm³/mol. The molecule has 1 aromatic heterocycles. The third-order valence-corrected chi connectivity index (χ3v) is 4.15. The normalized spacial score (nSPS) is 14.6. The van der Waals surface area contributed by atoms with E-state index in [4.69, 9.17) is 0 Å². The predicted octanol–water partition coefficient (Wildman–Crippen LogP) is 0.493. The van der Waals surface area contributed by atoms with Crippen LogP contribution in [0.5, 0.6) is 0 Å². The van der Waals surface area contributed by atoms with Crippen LogP contribution in [0.3, 0.4) is 0 Å². The summed E-state index contributed by atoms with van der Waals surface area (Å²) in [5, 5.41) is 5.20. The van der Waals surface area contributed by atoms with Gasteiger partial charge in [0.05, 0.1) is 13.1 Å². The molecule has 1 fully saturated rings. The molecule has 2 aromatic rings. The molecule has 0 unspecified atom stereocenters. The van der Waals surface area contributed by atoms with E-state index >= 15 is 0 Å². The highest BCUT2D eigenvalue weighted by atomic mass is 19.1. The molecule has 0 saturated carbocycles. The summed E-state index contributed by atoms with van der Waals surface area (Å²) in [7, 11) is 0. The molecule has 0 bridgehead atoms. The Morgan fingerprint density at radius 3 is 2.33 bits per heavy atom. The van der Waals surface area contributed by atoms with Gasteiger partial charge in [0.1, 0.15) is 5.82 Å². The molecular formula is C18H21FN6O2. The van der Waals surface area contributed by atoms with E-state index in [2.05, 4.69) is 25.5 Å². The lowest BCUT2D eigenvalue weighted by atomic mass is 10.3. The van der Waals surface area contributed by atoms with Gasteiger partial charge < -0.3 is 15.5 Å². The number of rotatable bonds is 6. The van der Waals surface area contributed by atoms with Crippen LogP contribution in [-0.4, -0.2) is 66.0 Å². The molecule has 9 heteroatoms. The summed E-state index contributed by atoms with van der Waals surface area (Å²) in [5.41, 5.74) is 0.481. The number of anilines is 2. The molecule has 27 heavy (non-hydrogen) atoms. The molecule has 142 valence electrons. The van der Waals surface area contributed by atoms with Gasteiger partial charge in [0.2, 0.25) is 17.8 Å². The van der Waals surface area contributed by atoms with Crippen molar-refractivity contribution in [2.24, 2.45) is 0 Å². The van der Waals surface area contributed by atoms with E-state index < -0.39 is 0 Å². The van der Waals surface area contributed by atoms with Crippen LogP contribution in [0.15, 0.2) is 42.7 Å². The fourth-order valence-corrected chi connectivity index (χ4v) is 2.74. The van der Waals surface area contributed by atoms with Gasteiger partial charge in [0, 0.05) is 44.3 Å². The average molecular weight is 372 g/mol.